The summed E-state index contributed by atoms with van der Waals surface area (Å²) in [5, 5.41) is 9.51. The third-order valence-corrected chi connectivity index (χ3v) is 7.44. The fraction of sp³-hybridized carbons (Fsp3) is 0.393. The van der Waals surface area contributed by atoms with E-state index >= 15 is 0 Å². The van der Waals surface area contributed by atoms with Crippen LogP contribution in [0.3, 0.4) is 0 Å². The van der Waals surface area contributed by atoms with Crippen molar-refractivity contribution in [1.29, 1.82) is 0 Å². The third-order valence-electron chi connectivity index (χ3n) is 6.18. The number of methoxy groups -OCH3 is 1. The van der Waals surface area contributed by atoms with Gasteiger partial charge in [-0.1, -0.05) is 36.3 Å². The summed E-state index contributed by atoms with van der Waals surface area (Å²) in [6.45, 7) is 4.32. The second kappa shape index (κ2) is 11.4. The van der Waals surface area contributed by atoms with Crippen LogP contribution in [0.1, 0.15) is 43.2 Å². The number of allylic oxidation sites excluding steroid dienone is 1. The van der Waals surface area contributed by atoms with Gasteiger partial charge >= 0.3 is 5.97 Å². The molecule has 0 fully saturated rings. The number of anilines is 1. The molecule has 1 N–H and O–H groups in total. The molecule has 4 rings (SSSR count). The normalized spacial score (nSPS) is 17.8. The van der Waals surface area contributed by atoms with Crippen LogP contribution in [-0.4, -0.2) is 43.1 Å². The summed E-state index contributed by atoms with van der Waals surface area (Å²) in [7, 11) is 1.75. The van der Waals surface area contributed by atoms with Crippen molar-refractivity contribution in [1.82, 2.24) is 0 Å². The fourth-order valence-electron chi connectivity index (χ4n) is 4.58. The zero-order chi connectivity index (χ0) is 23.9. The summed E-state index contributed by atoms with van der Waals surface area (Å²) in [5.74, 6) is 6.42. The lowest BCUT2D eigenvalue weighted by atomic mass is 9.96. The molecule has 0 saturated heterocycles. The highest BCUT2D eigenvalue weighted by Crippen LogP contribution is 2.39. The standard InChI is InChI=1S/C28H31NO4S/c1-3-6-22(17-27(30)31)20-10-12-23(13-11-20)33-19-25-15-14-24(34-25)18-29-16-5-8-21-7-4-9-26(32-2)28(21)29/h4,7,9-14,22,25H,5,8,15-19H2,1-2H3,(H,30,31)/t22-,25?/m0/s1. The van der Waals surface area contributed by atoms with Crippen LogP contribution in [0.15, 0.2) is 53.4 Å². The van der Waals surface area contributed by atoms with E-state index in [1.807, 2.05) is 42.1 Å². The fourth-order valence-corrected chi connectivity index (χ4v) is 5.75. The third kappa shape index (κ3) is 5.90. The minimum absolute atomic E-state index is 0.00156. The summed E-state index contributed by atoms with van der Waals surface area (Å²) < 4.78 is 11.7. The lowest BCUT2D eigenvalue weighted by Crippen LogP contribution is -2.31. The maximum absolute atomic E-state index is 11.1. The number of carboxylic acid groups (broad SMARTS) is 1. The highest BCUT2D eigenvalue weighted by atomic mass is 32.2. The van der Waals surface area contributed by atoms with E-state index in [1.165, 1.54) is 16.2 Å². The second-order valence-electron chi connectivity index (χ2n) is 8.56. The largest absolute Gasteiger partial charge is 0.495 e. The van der Waals surface area contributed by atoms with E-state index in [1.54, 1.807) is 14.0 Å². The monoisotopic (exact) mass is 477 g/mol. The number of benzene rings is 2. The average molecular weight is 478 g/mol. The topological polar surface area (TPSA) is 59.0 Å². The van der Waals surface area contributed by atoms with Crippen LogP contribution in [0.4, 0.5) is 5.69 Å². The molecule has 2 heterocycles. The van der Waals surface area contributed by atoms with E-state index in [-0.39, 0.29) is 12.3 Å². The number of carboxylic acids is 1. The van der Waals surface area contributed by atoms with Crippen molar-refractivity contribution in [3.8, 4) is 23.3 Å². The number of rotatable bonds is 9. The number of ether oxygens (including phenoxy) is 2. The number of para-hydroxylation sites is 1. The van der Waals surface area contributed by atoms with Crippen molar-refractivity contribution < 1.29 is 19.4 Å². The lowest BCUT2D eigenvalue weighted by Gasteiger charge is -2.33. The lowest BCUT2D eigenvalue weighted by molar-refractivity contribution is -0.137. The first kappa shape index (κ1) is 24.1. The maximum Gasteiger partial charge on any atom is 0.304 e. The maximum atomic E-state index is 11.1. The molecule has 6 heteroatoms. The summed E-state index contributed by atoms with van der Waals surface area (Å²) in [6, 6.07) is 14.0. The zero-order valence-electron chi connectivity index (χ0n) is 19.8. The Hall–Kier alpha value is -3.04. The molecule has 2 aromatic rings. The molecule has 1 unspecified atom stereocenters. The van der Waals surface area contributed by atoms with Gasteiger partial charge in [-0.25, -0.2) is 0 Å². The number of fused-ring (bicyclic) bond motifs is 1. The molecule has 0 radical (unpaired) electrons. The highest BCUT2D eigenvalue weighted by Gasteiger charge is 2.25. The molecular formula is C28H31NO4S. The first-order valence-corrected chi connectivity index (χ1v) is 12.6. The van der Waals surface area contributed by atoms with Crippen LogP contribution in [-0.2, 0) is 11.2 Å². The van der Waals surface area contributed by atoms with Crippen LogP contribution in [0.5, 0.6) is 11.5 Å². The minimum atomic E-state index is -0.846. The van der Waals surface area contributed by atoms with E-state index < -0.39 is 5.97 Å². The van der Waals surface area contributed by atoms with Gasteiger partial charge in [0.1, 0.15) is 18.1 Å². The summed E-state index contributed by atoms with van der Waals surface area (Å²) in [4.78, 5) is 14.9. The Balaban J connectivity index is 1.30. The predicted molar refractivity (Wildman–Crippen MR) is 138 cm³/mol. The van der Waals surface area contributed by atoms with Gasteiger partial charge in [0.25, 0.3) is 0 Å². The molecule has 2 aliphatic rings. The molecular weight excluding hydrogens is 446 g/mol. The molecule has 2 aromatic carbocycles. The number of thioether (sulfide) groups is 1. The van der Waals surface area contributed by atoms with Gasteiger partial charge in [-0.3, -0.25) is 4.79 Å². The van der Waals surface area contributed by atoms with Crippen molar-refractivity contribution in [3.63, 3.8) is 0 Å². The van der Waals surface area contributed by atoms with Crippen LogP contribution in [0, 0.1) is 11.8 Å². The van der Waals surface area contributed by atoms with Crippen LogP contribution < -0.4 is 14.4 Å². The van der Waals surface area contributed by atoms with Crippen molar-refractivity contribution in [2.45, 2.75) is 43.8 Å². The summed E-state index contributed by atoms with van der Waals surface area (Å²) in [6.07, 6.45) is 5.61. The quantitative estimate of drug-likeness (QED) is 0.482. The van der Waals surface area contributed by atoms with Crippen molar-refractivity contribution in [2.75, 3.05) is 31.7 Å². The SMILES string of the molecule is CC#C[C@@H](CC(=O)O)c1ccc(OCC2CC=C(CN3CCCc4cccc(OC)c43)S2)cc1. The molecule has 5 nitrogen and oxygen atoms in total. The number of aryl methyl sites for hydroxylation is 1. The van der Waals surface area contributed by atoms with E-state index in [4.69, 9.17) is 14.6 Å². The predicted octanol–water partition coefficient (Wildman–Crippen LogP) is 5.50. The zero-order valence-corrected chi connectivity index (χ0v) is 20.6. The second-order valence-corrected chi connectivity index (χ2v) is 9.99. The molecule has 34 heavy (non-hydrogen) atoms. The molecule has 0 saturated carbocycles. The Morgan fingerprint density at radius 3 is 2.82 bits per heavy atom. The van der Waals surface area contributed by atoms with Gasteiger partial charge in [0, 0.05) is 23.2 Å². The van der Waals surface area contributed by atoms with Crippen molar-refractivity contribution in [2.24, 2.45) is 0 Å². The number of aliphatic carboxylic acids is 1. The summed E-state index contributed by atoms with van der Waals surface area (Å²) in [5.41, 5.74) is 3.51. The Morgan fingerprint density at radius 2 is 2.09 bits per heavy atom. The first-order chi connectivity index (χ1) is 16.6. The van der Waals surface area contributed by atoms with Crippen LogP contribution in [0.25, 0.3) is 0 Å². The van der Waals surface area contributed by atoms with Gasteiger partial charge in [-0.2, -0.15) is 0 Å². The van der Waals surface area contributed by atoms with E-state index in [0.717, 1.165) is 49.4 Å². The number of carbonyl (C=O) groups is 1. The Kier molecular flexibility index (Phi) is 8.08. The molecule has 0 aromatic heterocycles. The molecule has 0 bridgehead atoms. The van der Waals surface area contributed by atoms with E-state index in [9.17, 15) is 4.79 Å². The molecule has 2 aliphatic heterocycles. The first-order valence-electron chi connectivity index (χ1n) is 11.7. The van der Waals surface area contributed by atoms with Gasteiger partial charge in [-0.15, -0.1) is 17.7 Å². The van der Waals surface area contributed by atoms with Crippen molar-refractivity contribution in [3.05, 3.63) is 64.6 Å². The van der Waals surface area contributed by atoms with E-state index in [0.29, 0.717) is 11.9 Å². The average Bonchev–Trinajstić information content (AvgIpc) is 3.29. The van der Waals surface area contributed by atoms with Crippen molar-refractivity contribution >= 4 is 23.4 Å². The molecule has 178 valence electrons. The minimum Gasteiger partial charge on any atom is -0.495 e. The van der Waals surface area contributed by atoms with Gasteiger partial charge in [0.2, 0.25) is 0 Å². The van der Waals surface area contributed by atoms with Gasteiger partial charge in [-0.05, 0) is 55.5 Å². The number of nitrogens with zero attached hydrogens (tertiary/aromatic N) is 1. The Bertz CT molecular complexity index is 1090. The smallest absolute Gasteiger partial charge is 0.304 e. The van der Waals surface area contributed by atoms with E-state index in [2.05, 4.69) is 34.9 Å². The number of hydrogen-bond acceptors (Lipinski definition) is 5. The van der Waals surface area contributed by atoms with Crippen LogP contribution in [0.2, 0.25) is 0 Å². The van der Waals surface area contributed by atoms with Gasteiger partial charge in [0.15, 0.2) is 0 Å². The van der Waals surface area contributed by atoms with Gasteiger partial charge in [0.05, 0.1) is 25.1 Å². The van der Waals surface area contributed by atoms with Crippen LogP contribution >= 0.6 is 11.8 Å². The highest BCUT2D eigenvalue weighted by molar-refractivity contribution is 8.04. The van der Waals surface area contributed by atoms with Gasteiger partial charge < -0.3 is 19.5 Å². The Labute approximate surface area is 206 Å². The molecule has 0 spiro atoms. The molecule has 0 amide bonds. The number of hydrogen-bond donors (Lipinski definition) is 1. The molecule has 0 aliphatic carbocycles. The Morgan fingerprint density at radius 1 is 1.26 bits per heavy atom. The summed E-state index contributed by atoms with van der Waals surface area (Å²) >= 11 is 1.90. The molecule has 2 atom stereocenters.